The zero-order valence-corrected chi connectivity index (χ0v) is 11.2. The van der Waals surface area contributed by atoms with E-state index in [1.165, 1.54) is 10.8 Å². The molecule has 0 fully saturated rings. The minimum atomic E-state index is -4.21. The van der Waals surface area contributed by atoms with E-state index in [4.69, 9.17) is 4.74 Å². The summed E-state index contributed by atoms with van der Waals surface area (Å²) >= 11 is 0. The van der Waals surface area contributed by atoms with Gasteiger partial charge in [-0.15, -0.1) is 0 Å². The number of aromatic nitrogens is 1. The smallest absolute Gasteiger partial charge is 0.383 e. The molecule has 1 aromatic carbocycles. The van der Waals surface area contributed by atoms with Gasteiger partial charge in [-0.1, -0.05) is 12.1 Å². The molecule has 0 saturated carbocycles. The van der Waals surface area contributed by atoms with Crippen LogP contribution in [0.4, 0.5) is 13.2 Å². The molecule has 0 bridgehead atoms. The second-order valence-corrected chi connectivity index (χ2v) is 4.62. The number of nitrogens with zero attached hydrogens (tertiary/aromatic N) is 1. The number of benzene rings is 1. The summed E-state index contributed by atoms with van der Waals surface area (Å²) in [5.41, 5.74) is 1.56. The van der Waals surface area contributed by atoms with Crippen molar-refractivity contribution in [1.82, 2.24) is 9.88 Å². The molecule has 0 atom stereocenters. The quantitative estimate of drug-likeness (QED) is 0.826. The summed E-state index contributed by atoms with van der Waals surface area (Å²) in [6.45, 7) is 0.957. The minimum absolute atomic E-state index is 0.604. The number of ether oxygens (including phenoxy) is 1. The van der Waals surface area contributed by atoms with Gasteiger partial charge in [0.05, 0.1) is 6.61 Å². The Bertz CT molecular complexity index is 563. The number of fused-ring (bicyclic) bond motifs is 1. The van der Waals surface area contributed by atoms with Crippen LogP contribution in [-0.2, 0) is 17.8 Å². The number of halogens is 3. The lowest BCUT2D eigenvalue weighted by Gasteiger charge is -2.10. The molecule has 6 heteroatoms. The van der Waals surface area contributed by atoms with E-state index in [2.05, 4.69) is 5.32 Å². The van der Waals surface area contributed by atoms with Crippen molar-refractivity contribution in [2.45, 2.75) is 19.3 Å². The number of methoxy groups -OCH3 is 1. The number of hydrogen-bond donors (Lipinski definition) is 1. The Morgan fingerprint density at radius 2 is 2.05 bits per heavy atom. The Morgan fingerprint density at radius 1 is 1.25 bits per heavy atom. The topological polar surface area (TPSA) is 26.2 Å². The molecular formula is C14H17F3N2O. The Labute approximate surface area is 115 Å². The number of alkyl halides is 3. The molecule has 0 unspecified atom stereocenters. The molecule has 0 aliphatic carbocycles. The van der Waals surface area contributed by atoms with Gasteiger partial charge in [0.2, 0.25) is 0 Å². The van der Waals surface area contributed by atoms with Crippen LogP contribution in [0.2, 0.25) is 0 Å². The monoisotopic (exact) mass is 286 g/mol. The van der Waals surface area contributed by atoms with E-state index in [0.29, 0.717) is 25.2 Å². The van der Waals surface area contributed by atoms with Crippen molar-refractivity contribution in [3.63, 3.8) is 0 Å². The normalized spacial score (nSPS) is 12.2. The highest BCUT2D eigenvalue weighted by Gasteiger charge is 2.28. The van der Waals surface area contributed by atoms with Crippen LogP contribution in [0.1, 0.15) is 5.56 Å². The molecule has 0 amide bonds. The molecule has 0 spiro atoms. The SMILES string of the molecule is COCCNCc1ccc2ccn(CC(F)(F)F)c2c1. The van der Waals surface area contributed by atoms with Crippen molar-refractivity contribution in [3.8, 4) is 0 Å². The first-order valence-corrected chi connectivity index (χ1v) is 6.34. The van der Waals surface area contributed by atoms with Gasteiger partial charge in [-0.2, -0.15) is 13.2 Å². The highest BCUT2D eigenvalue weighted by Crippen LogP contribution is 2.23. The first kappa shape index (κ1) is 14.9. The fourth-order valence-electron chi connectivity index (χ4n) is 2.08. The first-order valence-electron chi connectivity index (χ1n) is 6.34. The van der Waals surface area contributed by atoms with E-state index < -0.39 is 12.7 Å². The molecule has 3 nitrogen and oxygen atoms in total. The van der Waals surface area contributed by atoms with Crippen molar-refractivity contribution in [2.75, 3.05) is 20.3 Å². The predicted molar refractivity (Wildman–Crippen MR) is 71.6 cm³/mol. The van der Waals surface area contributed by atoms with Crippen LogP contribution in [0.3, 0.4) is 0 Å². The molecule has 1 heterocycles. The predicted octanol–water partition coefficient (Wildman–Crippen LogP) is 2.94. The fourth-order valence-corrected chi connectivity index (χ4v) is 2.08. The average Bonchev–Trinajstić information content (AvgIpc) is 2.75. The van der Waals surface area contributed by atoms with Crippen LogP contribution >= 0.6 is 0 Å². The van der Waals surface area contributed by atoms with Crippen molar-refractivity contribution in [2.24, 2.45) is 0 Å². The highest BCUT2D eigenvalue weighted by molar-refractivity contribution is 5.80. The molecule has 0 radical (unpaired) electrons. The average molecular weight is 286 g/mol. The van der Waals surface area contributed by atoms with Crippen LogP contribution in [0.5, 0.6) is 0 Å². The fraction of sp³-hybridized carbons (Fsp3) is 0.429. The van der Waals surface area contributed by atoms with Gasteiger partial charge >= 0.3 is 6.18 Å². The molecule has 2 rings (SSSR count). The van der Waals surface area contributed by atoms with E-state index in [0.717, 1.165) is 10.9 Å². The zero-order valence-electron chi connectivity index (χ0n) is 11.2. The molecule has 1 aromatic heterocycles. The summed E-state index contributed by atoms with van der Waals surface area (Å²) in [4.78, 5) is 0. The van der Waals surface area contributed by atoms with Gasteiger partial charge in [-0.25, -0.2) is 0 Å². The van der Waals surface area contributed by atoms with E-state index in [9.17, 15) is 13.2 Å². The summed E-state index contributed by atoms with van der Waals surface area (Å²) in [6.07, 6.45) is -2.74. The largest absolute Gasteiger partial charge is 0.406 e. The Morgan fingerprint density at radius 3 is 2.75 bits per heavy atom. The molecular weight excluding hydrogens is 269 g/mol. The zero-order chi connectivity index (χ0) is 14.6. The lowest BCUT2D eigenvalue weighted by atomic mass is 10.1. The van der Waals surface area contributed by atoms with Crippen LogP contribution in [-0.4, -0.2) is 31.0 Å². The molecule has 20 heavy (non-hydrogen) atoms. The Hall–Kier alpha value is -1.53. The van der Waals surface area contributed by atoms with Crippen molar-refractivity contribution in [1.29, 1.82) is 0 Å². The molecule has 0 aliphatic rings. The van der Waals surface area contributed by atoms with Crippen LogP contribution in [0, 0.1) is 0 Å². The summed E-state index contributed by atoms with van der Waals surface area (Å²) in [7, 11) is 1.62. The molecule has 2 aromatic rings. The standard InChI is InChI=1S/C14H17F3N2O/c1-20-7-5-18-9-11-2-3-12-4-6-19(13(12)8-11)10-14(15,16)17/h2-4,6,8,18H,5,7,9-10H2,1H3. The highest BCUT2D eigenvalue weighted by atomic mass is 19.4. The lowest BCUT2D eigenvalue weighted by Crippen LogP contribution is -2.19. The Kier molecular flexibility index (Phi) is 4.67. The van der Waals surface area contributed by atoms with Crippen LogP contribution < -0.4 is 5.32 Å². The summed E-state index contributed by atoms with van der Waals surface area (Å²) in [5, 5.41) is 3.99. The van der Waals surface area contributed by atoms with Gasteiger partial charge in [-0.05, 0) is 23.1 Å². The minimum Gasteiger partial charge on any atom is -0.383 e. The van der Waals surface area contributed by atoms with E-state index in [-0.39, 0.29) is 0 Å². The van der Waals surface area contributed by atoms with Crippen molar-refractivity contribution >= 4 is 10.9 Å². The number of rotatable bonds is 6. The second kappa shape index (κ2) is 6.28. The summed E-state index contributed by atoms with van der Waals surface area (Å²) in [6, 6.07) is 7.25. The summed E-state index contributed by atoms with van der Waals surface area (Å²) in [5.74, 6) is 0. The first-order chi connectivity index (χ1) is 9.49. The lowest BCUT2D eigenvalue weighted by molar-refractivity contribution is -0.139. The maximum absolute atomic E-state index is 12.5. The van der Waals surface area contributed by atoms with E-state index >= 15 is 0 Å². The number of nitrogens with one attached hydrogen (secondary N) is 1. The second-order valence-electron chi connectivity index (χ2n) is 4.62. The van der Waals surface area contributed by atoms with E-state index in [1.807, 2.05) is 12.1 Å². The molecule has 1 N–H and O–H groups in total. The van der Waals surface area contributed by atoms with Gasteiger partial charge < -0.3 is 14.6 Å². The van der Waals surface area contributed by atoms with Gasteiger partial charge in [0, 0.05) is 31.9 Å². The Balaban J connectivity index is 2.12. The van der Waals surface area contributed by atoms with Crippen molar-refractivity contribution in [3.05, 3.63) is 36.0 Å². The third-order valence-corrected chi connectivity index (χ3v) is 3.00. The van der Waals surface area contributed by atoms with Gasteiger partial charge in [0.15, 0.2) is 0 Å². The maximum atomic E-state index is 12.5. The van der Waals surface area contributed by atoms with E-state index in [1.54, 1.807) is 19.2 Å². The molecule has 110 valence electrons. The van der Waals surface area contributed by atoms with Crippen LogP contribution in [0.25, 0.3) is 10.9 Å². The third-order valence-electron chi connectivity index (χ3n) is 3.00. The van der Waals surface area contributed by atoms with Crippen LogP contribution in [0.15, 0.2) is 30.5 Å². The van der Waals surface area contributed by atoms with Gasteiger partial charge in [0.1, 0.15) is 6.54 Å². The maximum Gasteiger partial charge on any atom is 0.406 e. The van der Waals surface area contributed by atoms with Crippen molar-refractivity contribution < 1.29 is 17.9 Å². The summed E-state index contributed by atoms with van der Waals surface area (Å²) < 4.78 is 43.6. The molecule has 0 aliphatic heterocycles. The molecule has 0 saturated heterocycles. The van der Waals surface area contributed by atoms with Gasteiger partial charge in [-0.3, -0.25) is 0 Å². The van der Waals surface area contributed by atoms with Gasteiger partial charge in [0.25, 0.3) is 0 Å². The third kappa shape index (κ3) is 3.98. The number of hydrogen-bond acceptors (Lipinski definition) is 2.